The fourth-order valence-electron chi connectivity index (χ4n) is 4.65. The second kappa shape index (κ2) is 12.4. The van der Waals surface area contributed by atoms with Gasteiger partial charge in [-0.1, -0.05) is 84.6 Å². The molecule has 0 aromatic heterocycles. The third kappa shape index (κ3) is 6.86. The zero-order valence-electron chi connectivity index (χ0n) is 19.9. The average Bonchev–Trinajstić information content (AvgIpc) is 3.38. The summed E-state index contributed by atoms with van der Waals surface area (Å²) >= 11 is 12.9. The topological polar surface area (TPSA) is 49.4 Å². The lowest BCUT2D eigenvalue weighted by atomic mass is 10.0. The Hall–Kier alpha value is -2.89. The molecule has 0 aliphatic heterocycles. The molecule has 1 fully saturated rings. The van der Waals surface area contributed by atoms with E-state index in [4.69, 9.17) is 23.2 Å². The van der Waals surface area contributed by atoms with Crippen LogP contribution in [0.3, 0.4) is 0 Å². The van der Waals surface area contributed by atoms with Crippen LogP contribution in [-0.4, -0.2) is 28.8 Å². The second-order valence-corrected chi connectivity index (χ2v) is 10.0. The number of rotatable bonds is 9. The summed E-state index contributed by atoms with van der Waals surface area (Å²) in [5.41, 5.74) is 2.18. The van der Waals surface area contributed by atoms with E-state index in [1.165, 1.54) is 12.1 Å². The van der Waals surface area contributed by atoms with E-state index in [2.05, 4.69) is 5.32 Å². The number of hydrogen-bond acceptors (Lipinski definition) is 2. The molecule has 0 radical (unpaired) electrons. The van der Waals surface area contributed by atoms with Crippen molar-refractivity contribution in [2.45, 2.75) is 57.2 Å². The van der Waals surface area contributed by atoms with E-state index in [1.807, 2.05) is 30.3 Å². The van der Waals surface area contributed by atoms with Gasteiger partial charge in [0.25, 0.3) is 0 Å². The van der Waals surface area contributed by atoms with E-state index >= 15 is 0 Å². The molecular formula is C29H29Cl2FN2O2. The third-order valence-electron chi connectivity index (χ3n) is 6.63. The maximum atomic E-state index is 13.8. The Balaban J connectivity index is 1.69. The number of halogens is 3. The van der Waals surface area contributed by atoms with Gasteiger partial charge in [0.05, 0.1) is 6.42 Å². The van der Waals surface area contributed by atoms with Crippen molar-refractivity contribution >= 4 is 35.0 Å². The quantitative estimate of drug-likeness (QED) is 0.352. The monoisotopic (exact) mass is 526 g/mol. The molecule has 36 heavy (non-hydrogen) atoms. The minimum Gasteiger partial charge on any atom is -0.352 e. The van der Waals surface area contributed by atoms with Crippen LogP contribution in [0.15, 0.2) is 72.8 Å². The van der Waals surface area contributed by atoms with Crippen molar-refractivity contribution in [1.29, 1.82) is 0 Å². The molecule has 0 spiro atoms. The van der Waals surface area contributed by atoms with Crippen LogP contribution in [-0.2, 0) is 29.0 Å². The summed E-state index contributed by atoms with van der Waals surface area (Å²) in [5, 5.41) is 4.03. The molecule has 1 aliphatic rings. The van der Waals surface area contributed by atoms with Crippen molar-refractivity contribution in [2.75, 3.05) is 0 Å². The van der Waals surface area contributed by atoms with Gasteiger partial charge in [-0.2, -0.15) is 0 Å². The number of carbonyl (C=O) groups is 2. The van der Waals surface area contributed by atoms with Crippen LogP contribution >= 0.6 is 23.2 Å². The Morgan fingerprint density at radius 1 is 0.889 bits per heavy atom. The normalized spacial score (nSPS) is 14.4. The lowest BCUT2D eigenvalue weighted by Crippen LogP contribution is -2.52. The molecule has 3 aromatic carbocycles. The van der Waals surface area contributed by atoms with Gasteiger partial charge in [-0.3, -0.25) is 9.59 Å². The van der Waals surface area contributed by atoms with Gasteiger partial charge in [0, 0.05) is 34.6 Å². The highest BCUT2D eigenvalue weighted by atomic mass is 35.5. The van der Waals surface area contributed by atoms with Crippen LogP contribution in [0.4, 0.5) is 4.39 Å². The van der Waals surface area contributed by atoms with E-state index < -0.39 is 6.04 Å². The van der Waals surface area contributed by atoms with Gasteiger partial charge in [0.1, 0.15) is 11.9 Å². The van der Waals surface area contributed by atoms with Crippen LogP contribution in [0.25, 0.3) is 0 Å². The van der Waals surface area contributed by atoms with Crippen LogP contribution in [0.2, 0.25) is 10.0 Å². The highest BCUT2D eigenvalue weighted by Gasteiger charge is 2.33. The molecule has 4 rings (SSSR count). The van der Waals surface area contributed by atoms with Crippen molar-refractivity contribution in [3.63, 3.8) is 0 Å². The van der Waals surface area contributed by atoms with Gasteiger partial charge in [0.2, 0.25) is 11.8 Å². The van der Waals surface area contributed by atoms with Gasteiger partial charge in [0.15, 0.2) is 0 Å². The Morgan fingerprint density at radius 2 is 1.53 bits per heavy atom. The van der Waals surface area contributed by atoms with Crippen molar-refractivity contribution < 1.29 is 14.0 Å². The van der Waals surface area contributed by atoms with Gasteiger partial charge < -0.3 is 10.2 Å². The van der Waals surface area contributed by atoms with Gasteiger partial charge in [-0.25, -0.2) is 4.39 Å². The summed E-state index contributed by atoms with van der Waals surface area (Å²) in [5.74, 6) is -0.828. The minimum atomic E-state index is -0.770. The maximum absolute atomic E-state index is 13.8. The molecule has 4 nitrogen and oxygen atoms in total. The Kier molecular flexibility index (Phi) is 9.00. The van der Waals surface area contributed by atoms with Crippen molar-refractivity contribution in [2.24, 2.45) is 0 Å². The molecule has 0 heterocycles. The van der Waals surface area contributed by atoms with E-state index in [0.29, 0.717) is 27.6 Å². The molecule has 2 amide bonds. The number of amides is 2. The lowest BCUT2D eigenvalue weighted by molar-refractivity contribution is -0.141. The lowest BCUT2D eigenvalue weighted by Gasteiger charge is -2.33. The van der Waals surface area contributed by atoms with Crippen LogP contribution in [0, 0.1) is 5.82 Å². The molecule has 3 aromatic rings. The zero-order chi connectivity index (χ0) is 25.5. The second-order valence-electron chi connectivity index (χ2n) is 9.22. The largest absolute Gasteiger partial charge is 0.352 e. The van der Waals surface area contributed by atoms with Gasteiger partial charge >= 0.3 is 0 Å². The summed E-state index contributed by atoms with van der Waals surface area (Å²) < 4.78 is 13.5. The summed E-state index contributed by atoms with van der Waals surface area (Å²) in [6.45, 7) is 0.0775. The SMILES string of the molecule is O=C(NC1CCCC1)[C@@H](Cc1ccccc1)N(Cc1c(Cl)cccc1Cl)C(=O)Cc1ccc(F)cc1. The van der Waals surface area contributed by atoms with E-state index in [-0.39, 0.29) is 36.6 Å². The molecule has 7 heteroatoms. The highest BCUT2D eigenvalue weighted by molar-refractivity contribution is 6.36. The zero-order valence-corrected chi connectivity index (χ0v) is 21.4. The minimum absolute atomic E-state index is 0.0182. The molecule has 0 bridgehead atoms. The van der Waals surface area contributed by atoms with E-state index in [9.17, 15) is 14.0 Å². The summed E-state index contributed by atoms with van der Waals surface area (Å²) in [6, 6.07) is 20.0. The smallest absolute Gasteiger partial charge is 0.243 e. The number of carbonyl (C=O) groups excluding carboxylic acids is 2. The Morgan fingerprint density at radius 3 is 2.17 bits per heavy atom. The third-order valence-corrected chi connectivity index (χ3v) is 7.34. The van der Waals surface area contributed by atoms with Crippen molar-refractivity contribution in [3.05, 3.63) is 105 Å². The number of nitrogens with zero attached hydrogens (tertiary/aromatic N) is 1. The number of hydrogen-bond donors (Lipinski definition) is 1. The van der Waals surface area contributed by atoms with Crippen molar-refractivity contribution in [3.8, 4) is 0 Å². The fraction of sp³-hybridized carbons (Fsp3) is 0.310. The number of benzene rings is 3. The molecule has 1 atom stereocenters. The predicted molar refractivity (Wildman–Crippen MR) is 141 cm³/mol. The highest BCUT2D eigenvalue weighted by Crippen LogP contribution is 2.28. The maximum Gasteiger partial charge on any atom is 0.243 e. The fourth-order valence-corrected chi connectivity index (χ4v) is 5.17. The molecule has 1 aliphatic carbocycles. The summed E-state index contributed by atoms with van der Waals surface area (Å²) in [4.78, 5) is 29.0. The first-order valence-corrected chi connectivity index (χ1v) is 13.0. The molecule has 1 saturated carbocycles. The van der Waals surface area contributed by atoms with Crippen LogP contribution in [0.5, 0.6) is 0 Å². The molecule has 0 unspecified atom stereocenters. The average molecular weight is 527 g/mol. The summed E-state index contributed by atoms with van der Waals surface area (Å²) in [7, 11) is 0. The number of nitrogens with one attached hydrogen (secondary N) is 1. The summed E-state index contributed by atoms with van der Waals surface area (Å²) in [6.07, 6.45) is 4.39. The first kappa shape index (κ1) is 26.2. The predicted octanol–water partition coefficient (Wildman–Crippen LogP) is 6.37. The standard InChI is InChI=1S/C29H29Cl2FN2O2/c30-25-11-6-12-26(31)24(25)19-34(28(35)18-21-13-15-22(32)16-14-21)27(17-20-7-2-1-3-8-20)29(36)33-23-9-4-5-10-23/h1-3,6-8,11-16,23,27H,4-5,9-10,17-19H2,(H,33,36)/t27-/m1/s1. The first-order valence-electron chi connectivity index (χ1n) is 12.2. The first-order chi connectivity index (χ1) is 17.4. The van der Waals surface area contributed by atoms with E-state index in [0.717, 1.165) is 31.2 Å². The van der Waals surface area contributed by atoms with Crippen molar-refractivity contribution in [1.82, 2.24) is 10.2 Å². The molecule has 0 saturated heterocycles. The Labute approximate surface area is 221 Å². The Bertz CT molecular complexity index is 1160. The molecule has 188 valence electrons. The van der Waals surface area contributed by atoms with Crippen LogP contribution < -0.4 is 5.32 Å². The van der Waals surface area contributed by atoms with Crippen LogP contribution in [0.1, 0.15) is 42.4 Å². The molecule has 1 N–H and O–H groups in total. The molecular weight excluding hydrogens is 498 g/mol. The van der Waals surface area contributed by atoms with Gasteiger partial charge in [-0.05, 0) is 48.2 Å². The van der Waals surface area contributed by atoms with Gasteiger partial charge in [-0.15, -0.1) is 0 Å². The van der Waals surface area contributed by atoms with E-state index in [1.54, 1.807) is 35.2 Å².